The summed E-state index contributed by atoms with van der Waals surface area (Å²) in [7, 11) is -3.54. The smallest absolute Gasteiger partial charge is 0.223 e. The number of benzene rings is 1. The minimum atomic E-state index is -3.54. The van der Waals surface area contributed by atoms with Gasteiger partial charge in [-0.15, -0.1) is 0 Å². The van der Waals surface area contributed by atoms with Crippen molar-refractivity contribution < 1.29 is 17.6 Å². The normalized spacial score (nSPS) is 20.9. The fraction of sp³-hybridized carbons (Fsp3) is 0.500. The van der Waals surface area contributed by atoms with Crippen LogP contribution in [-0.2, 0) is 20.2 Å². The molecule has 0 bridgehead atoms. The van der Waals surface area contributed by atoms with E-state index in [2.05, 4.69) is 4.99 Å². The van der Waals surface area contributed by atoms with E-state index in [-0.39, 0.29) is 4.90 Å². The minimum absolute atomic E-state index is 0.242. The Labute approximate surface area is 116 Å². The second kappa shape index (κ2) is 4.50. The molecular formula is C14H14FNO3S. The van der Waals surface area contributed by atoms with Gasteiger partial charge in [-0.3, -0.25) is 0 Å². The highest BCUT2D eigenvalue weighted by atomic mass is 32.2. The number of carbonyl (C=O) groups excluding carboxylic acids is 1. The molecule has 0 N–H and O–H groups in total. The standard InChI is InChI=1S/C14H14FNO3S/c15-12-8-10(14(16-9-17)6-1-7-14)2-5-13(12)20(18,19)11-3-4-11/h2,5,8,11H,1,3-4,6-7H2. The quantitative estimate of drug-likeness (QED) is 0.633. The van der Waals surface area contributed by atoms with Crippen molar-refractivity contribution in [3.05, 3.63) is 29.6 Å². The highest BCUT2D eigenvalue weighted by Gasteiger charge is 2.41. The second-order valence-corrected chi connectivity index (χ2v) is 7.67. The second-order valence-electron chi connectivity index (χ2n) is 5.48. The third kappa shape index (κ3) is 2.00. The van der Waals surface area contributed by atoms with Gasteiger partial charge in [-0.2, -0.15) is 4.99 Å². The van der Waals surface area contributed by atoms with E-state index in [0.29, 0.717) is 31.2 Å². The Bertz CT molecular complexity index is 699. The molecule has 0 saturated heterocycles. The van der Waals surface area contributed by atoms with Gasteiger partial charge in [0.2, 0.25) is 6.08 Å². The average Bonchev–Trinajstić information content (AvgIpc) is 3.17. The van der Waals surface area contributed by atoms with Gasteiger partial charge in [0.1, 0.15) is 10.7 Å². The molecule has 20 heavy (non-hydrogen) atoms. The molecule has 2 saturated carbocycles. The van der Waals surface area contributed by atoms with Crippen molar-refractivity contribution in [1.82, 2.24) is 0 Å². The van der Waals surface area contributed by atoms with Crippen LogP contribution in [0.25, 0.3) is 0 Å². The minimum Gasteiger partial charge on any atom is -0.223 e. The van der Waals surface area contributed by atoms with Gasteiger partial charge in [0.15, 0.2) is 9.84 Å². The fourth-order valence-corrected chi connectivity index (χ4v) is 4.35. The zero-order chi connectivity index (χ0) is 14.4. The zero-order valence-electron chi connectivity index (χ0n) is 10.8. The monoisotopic (exact) mass is 295 g/mol. The maximum absolute atomic E-state index is 14.1. The van der Waals surface area contributed by atoms with E-state index >= 15 is 0 Å². The molecule has 3 rings (SSSR count). The van der Waals surface area contributed by atoms with Gasteiger partial charge in [-0.05, 0) is 49.8 Å². The summed E-state index contributed by atoms with van der Waals surface area (Å²) in [6.07, 6.45) is 4.97. The van der Waals surface area contributed by atoms with Crippen molar-refractivity contribution >= 4 is 15.9 Å². The number of hydrogen-bond acceptors (Lipinski definition) is 4. The lowest BCUT2D eigenvalue weighted by Crippen LogP contribution is -2.32. The third-order valence-electron chi connectivity index (χ3n) is 4.18. The average molecular weight is 295 g/mol. The van der Waals surface area contributed by atoms with Crippen molar-refractivity contribution in [2.75, 3.05) is 0 Å². The van der Waals surface area contributed by atoms with Crippen LogP contribution in [0.2, 0.25) is 0 Å². The maximum atomic E-state index is 14.1. The van der Waals surface area contributed by atoms with Gasteiger partial charge in [0.25, 0.3) is 0 Å². The van der Waals surface area contributed by atoms with Crippen LogP contribution in [0.1, 0.15) is 37.7 Å². The number of rotatable bonds is 4. The van der Waals surface area contributed by atoms with Gasteiger partial charge in [0.05, 0.1) is 10.8 Å². The van der Waals surface area contributed by atoms with Crippen molar-refractivity contribution in [3.8, 4) is 0 Å². The molecular weight excluding hydrogens is 281 g/mol. The van der Waals surface area contributed by atoms with Crippen LogP contribution >= 0.6 is 0 Å². The van der Waals surface area contributed by atoms with Crippen molar-refractivity contribution in [3.63, 3.8) is 0 Å². The Balaban J connectivity index is 2.01. The summed E-state index contributed by atoms with van der Waals surface area (Å²) in [6, 6.07) is 4.08. The Morgan fingerprint density at radius 1 is 1.30 bits per heavy atom. The number of nitrogens with zero attached hydrogens (tertiary/aromatic N) is 1. The van der Waals surface area contributed by atoms with Gasteiger partial charge >= 0.3 is 0 Å². The van der Waals surface area contributed by atoms with E-state index in [1.165, 1.54) is 18.2 Å². The molecule has 2 aliphatic carbocycles. The number of sulfone groups is 1. The van der Waals surface area contributed by atoms with E-state index in [0.717, 1.165) is 6.42 Å². The number of aliphatic imine (C=N–C) groups is 1. The molecule has 2 fully saturated rings. The van der Waals surface area contributed by atoms with E-state index in [1.54, 1.807) is 6.07 Å². The third-order valence-corrected chi connectivity index (χ3v) is 6.47. The molecule has 0 aliphatic heterocycles. The van der Waals surface area contributed by atoms with Gasteiger partial charge in [-0.1, -0.05) is 6.07 Å². The first kappa shape index (κ1) is 13.5. The lowest BCUT2D eigenvalue weighted by molar-refractivity contribution is 0.255. The molecule has 0 unspecified atom stereocenters. The summed E-state index contributed by atoms with van der Waals surface area (Å²) >= 11 is 0. The first-order valence-electron chi connectivity index (χ1n) is 6.63. The molecule has 0 aromatic heterocycles. The summed E-state index contributed by atoms with van der Waals surface area (Å²) in [5, 5.41) is -0.437. The molecule has 1 aromatic rings. The molecule has 0 spiro atoms. The van der Waals surface area contributed by atoms with Crippen molar-refractivity contribution in [1.29, 1.82) is 0 Å². The molecule has 0 heterocycles. The van der Waals surface area contributed by atoms with Crippen molar-refractivity contribution in [2.45, 2.75) is 47.8 Å². The molecule has 2 aliphatic rings. The topological polar surface area (TPSA) is 63.6 Å². The number of halogens is 1. The van der Waals surface area contributed by atoms with Crippen LogP contribution in [0.4, 0.5) is 4.39 Å². The molecule has 0 atom stereocenters. The van der Waals surface area contributed by atoms with Crippen LogP contribution in [0.5, 0.6) is 0 Å². The molecule has 1 aromatic carbocycles. The lowest BCUT2D eigenvalue weighted by Gasteiger charge is -2.37. The van der Waals surface area contributed by atoms with Crippen LogP contribution in [0.15, 0.2) is 28.1 Å². The molecule has 0 radical (unpaired) electrons. The predicted molar refractivity (Wildman–Crippen MR) is 70.3 cm³/mol. The van der Waals surface area contributed by atoms with Crippen molar-refractivity contribution in [2.24, 2.45) is 4.99 Å². The summed E-state index contributed by atoms with van der Waals surface area (Å²) < 4.78 is 38.3. The van der Waals surface area contributed by atoms with Gasteiger partial charge in [0, 0.05) is 0 Å². The van der Waals surface area contributed by atoms with E-state index < -0.39 is 26.4 Å². The summed E-state index contributed by atoms with van der Waals surface area (Å²) in [4.78, 5) is 14.1. The van der Waals surface area contributed by atoms with Crippen LogP contribution in [0, 0.1) is 5.82 Å². The lowest BCUT2D eigenvalue weighted by atomic mass is 9.72. The summed E-state index contributed by atoms with van der Waals surface area (Å²) in [5.74, 6) is -0.748. The van der Waals surface area contributed by atoms with E-state index in [1.807, 2.05) is 0 Å². The van der Waals surface area contributed by atoms with Gasteiger partial charge < -0.3 is 0 Å². The predicted octanol–water partition coefficient (Wildman–Crippen LogP) is 2.48. The Morgan fingerprint density at radius 2 is 2.00 bits per heavy atom. The first-order chi connectivity index (χ1) is 9.49. The zero-order valence-corrected chi connectivity index (χ0v) is 11.6. The highest BCUT2D eigenvalue weighted by Crippen LogP contribution is 2.45. The van der Waals surface area contributed by atoms with Crippen LogP contribution < -0.4 is 0 Å². The Morgan fingerprint density at radius 3 is 2.45 bits per heavy atom. The van der Waals surface area contributed by atoms with Crippen LogP contribution in [0.3, 0.4) is 0 Å². The molecule has 0 amide bonds. The Kier molecular flexibility index (Phi) is 3.03. The number of isocyanates is 1. The number of hydrogen-bond donors (Lipinski definition) is 0. The van der Waals surface area contributed by atoms with E-state index in [4.69, 9.17) is 0 Å². The van der Waals surface area contributed by atoms with Crippen LogP contribution in [-0.4, -0.2) is 19.7 Å². The van der Waals surface area contributed by atoms with E-state index in [9.17, 15) is 17.6 Å². The molecule has 106 valence electrons. The summed E-state index contributed by atoms with van der Waals surface area (Å²) in [5.41, 5.74) is -0.149. The fourth-order valence-electron chi connectivity index (χ4n) is 2.64. The maximum Gasteiger partial charge on any atom is 0.235 e. The highest BCUT2D eigenvalue weighted by molar-refractivity contribution is 7.92. The molecule has 4 nitrogen and oxygen atoms in total. The summed E-state index contributed by atoms with van der Waals surface area (Å²) in [6.45, 7) is 0. The Hall–Kier alpha value is -1.52. The van der Waals surface area contributed by atoms with Gasteiger partial charge in [-0.25, -0.2) is 17.6 Å². The first-order valence-corrected chi connectivity index (χ1v) is 8.17. The SMILES string of the molecule is O=C=NC1(c2ccc(S(=O)(=O)C3CC3)c(F)c2)CCC1. The molecule has 6 heteroatoms. The largest absolute Gasteiger partial charge is 0.235 e.